The third-order valence-corrected chi connectivity index (χ3v) is 4.13. The fourth-order valence-corrected chi connectivity index (χ4v) is 3.07. The molecular weight excluding hydrogens is 266 g/mol. The van der Waals surface area contributed by atoms with Crippen molar-refractivity contribution in [2.45, 2.75) is 26.3 Å². The van der Waals surface area contributed by atoms with E-state index in [1.54, 1.807) is 0 Å². The van der Waals surface area contributed by atoms with Gasteiger partial charge in [0.2, 0.25) is 0 Å². The summed E-state index contributed by atoms with van der Waals surface area (Å²) in [6.07, 6.45) is 0.643. The van der Waals surface area contributed by atoms with Gasteiger partial charge in [-0.1, -0.05) is 11.6 Å². The molecule has 5 nitrogen and oxygen atoms in total. The Kier molecular flexibility index (Phi) is 3.84. The van der Waals surface area contributed by atoms with E-state index in [-0.39, 0.29) is 0 Å². The summed E-state index contributed by atoms with van der Waals surface area (Å²) in [5.41, 5.74) is 5.23. The number of carbonyl (C=O) groups excluding carboxylic acids is 1. The molecule has 1 aliphatic heterocycles. The first-order valence-electron chi connectivity index (χ1n) is 7.41. The van der Waals surface area contributed by atoms with E-state index in [1.165, 1.54) is 27.7 Å². The number of rotatable bonds is 4. The number of H-pyrrole nitrogens is 1. The number of amides is 1. The van der Waals surface area contributed by atoms with E-state index >= 15 is 0 Å². The molecule has 0 unspecified atom stereocenters. The van der Waals surface area contributed by atoms with Crippen LogP contribution in [0.5, 0.6) is 0 Å². The minimum absolute atomic E-state index is 0.457. The van der Waals surface area contributed by atoms with Crippen molar-refractivity contribution in [2.24, 2.45) is 0 Å². The molecule has 0 saturated carbocycles. The quantitative estimate of drug-likeness (QED) is 0.828. The van der Waals surface area contributed by atoms with Crippen LogP contribution in [0.4, 0.5) is 4.79 Å². The van der Waals surface area contributed by atoms with E-state index in [4.69, 9.17) is 0 Å². The Morgan fingerprint density at radius 3 is 3.14 bits per heavy atom. The number of aromatic amines is 1. The minimum atomic E-state index is -1.19. The van der Waals surface area contributed by atoms with Crippen molar-refractivity contribution in [3.05, 3.63) is 35.0 Å². The largest absolute Gasteiger partial charge is 0.530 e. The first-order chi connectivity index (χ1) is 10.1. The van der Waals surface area contributed by atoms with Gasteiger partial charge in [-0.05, 0) is 31.0 Å². The second kappa shape index (κ2) is 5.77. The van der Waals surface area contributed by atoms with Crippen LogP contribution in [0.2, 0.25) is 0 Å². The van der Waals surface area contributed by atoms with Gasteiger partial charge < -0.3 is 20.2 Å². The first-order valence-corrected chi connectivity index (χ1v) is 7.41. The summed E-state index contributed by atoms with van der Waals surface area (Å²) < 4.78 is 0. The van der Waals surface area contributed by atoms with Gasteiger partial charge in [0.15, 0.2) is 0 Å². The van der Waals surface area contributed by atoms with Crippen LogP contribution < -0.4 is 10.4 Å². The Hall–Kier alpha value is -2.01. The maximum absolute atomic E-state index is 10.3. The molecule has 0 atom stereocenters. The van der Waals surface area contributed by atoms with Crippen LogP contribution in [0.25, 0.3) is 10.9 Å². The number of hydrogen-bond donors (Lipinski definition) is 2. The molecule has 0 saturated heterocycles. The second-order valence-electron chi connectivity index (χ2n) is 5.73. The zero-order valence-electron chi connectivity index (χ0n) is 12.2. The number of fused-ring (bicyclic) bond motifs is 3. The molecule has 3 rings (SSSR count). The molecule has 0 aliphatic carbocycles. The predicted octanol–water partition coefficient (Wildman–Crippen LogP) is 1.16. The van der Waals surface area contributed by atoms with Crippen LogP contribution >= 0.6 is 0 Å². The minimum Gasteiger partial charge on any atom is -0.530 e. The van der Waals surface area contributed by atoms with Gasteiger partial charge in [0, 0.05) is 49.2 Å². The summed E-state index contributed by atoms with van der Waals surface area (Å²) in [5, 5.41) is 13.9. The molecule has 1 amide bonds. The van der Waals surface area contributed by atoms with E-state index < -0.39 is 6.09 Å². The lowest BCUT2D eigenvalue weighted by molar-refractivity contribution is -0.250. The summed E-state index contributed by atoms with van der Waals surface area (Å²) in [5.74, 6) is 0. The number of hydrogen-bond acceptors (Lipinski definition) is 3. The molecule has 0 fully saturated rings. The number of aromatic nitrogens is 1. The zero-order valence-corrected chi connectivity index (χ0v) is 12.2. The highest BCUT2D eigenvalue weighted by atomic mass is 16.4. The van der Waals surface area contributed by atoms with Crippen molar-refractivity contribution in [3.8, 4) is 0 Å². The molecule has 21 heavy (non-hydrogen) atoms. The summed E-state index contributed by atoms with van der Waals surface area (Å²) in [6.45, 7) is 5.43. The van der Waals surface area contributed by atoms with Gasteiger partial charge in [-0.3, -0.25) is 4.90 Å². The highest BCUT2D eigenvalue weighted by molar-refractivity contribution is 5.85. The molecular formula is C16H20N3O2-. The molecule has 2 heterocycles. The fourth-order valence-electron chi connectivity index (χ4n) is 3.07. The Morgan fingerprint density at radius 2 is 2.33 bits per heavy atom. The van der Waals surface area contributed by atoms with Gasteiger partial charge >= 0.3 is 0 Å². The number of carbonyl (C=O) groups is 1. The summed E-state index contributed by atoms with van der Waals surface area (Å²) >= 11 is 0. The summed E-state index contributed by atoms with van der Waals surface area (Å²) in [7, 11) is 0. The molecule has 2 N–H and O–H groups in total. The van der Waals surface area contributed by atoms with E-state index in [0.29, 0.717) is 6.54 Å². The fraction of sp³-hybridized carbons (Fsp3) is 0.438. The first kappa shape index (κ1) is 13.9. The van der Waals surface area contributed by atoms with Crippen LogP contribution in [-0.2, 0) is 13.0 Å². The molecule has 1 aliphatic rings. The van der Waals surface area contributed by atoms with Crippen molar-refractivity contribution in [1.82, 2.24) is 15.2 Å². The third-order valence-electron chi connectivity index (χ3n) is 4.13. The molecule has 1 aromatic carbocycles. The predicted molar refractivity (Wildman–Crippen MR) is 80.0 cm³/mol. The smallest absolute Gasteiger partial charge is 0.134 e. The highest BCUT2D eigenvalue weighted by Gasteiger charge is 2.20. The lowest BCUT2D eigenvalue weighted by atomic mass is 10.0. The lowest BCUT2D eigenvalue weighted by Gasteiger charge is -2.27. The average Bonchev–Trinajstić information content (AvgIpc) is 2.81. The number of benzene rings is 1. The Morgan fingerprint density at radius 1 is 1.48 bits per heavy atom. The maximum Gasteiger partial charge on any atom is 0.134 e. The SMILES string of the molecule is Cc1ccc2[nH]c3c(c2c1)CN(CCCNC(=O)[O-])CC3. The van der Waals surface area contributed by atoms with Crippen molar-refractivity contribution in [1.29, 1.82) is 0 Å². The van der Waals surface area contributed by atoms with E-state index in [2.05, 4.69) is 40.3 Å². The molecule has 0 bridgehead atoms. The van der Waals surface area contributed by atoms with Crippen molar-refractivity contribution < 1.29 is 9.90 Å². The number of carboxylic acid groups (broad SMARTS) is 1. The van der Waals surface area contributed by atoms with Crippen molar-refractivity contribution in [3.63, 3.8) is 0 Å². The van der Waals surface area contributed by atoms with Gasteiger partial charge in [-0.2, -0.15) is 0 Å². The molecule has 112 valence electrons. The Balaban J connectivity index is 1.68. The third kappa shape index (κ3) is 3.03. The highest BCUT2D eigenvalue weighted by Crippen LogP contribution is 2.28. The monoisotopic (exact) mass is 286 g/mol. The standard InChI is InChI=1S/C16H21N3O2/c1-11-3-4-14-12(9-11)13-10-19(8-5-15(13)18-14)7-2-6-17-16(20)21/h3-4,9,17-18H,2,5-8,10H2,1H3,(H,20,21)/p-1. The molecule has 0 radical (unpaired) electrons. The van der Waals surface area contributed by atoms with Gasteiger partial charge in [0.05, 0.1) is 0 Å². The number of aryl methyl sites for hydroxylation is 1. The Labute approximate surface area is 124 Å². The van der Waals surface area contributed by atoms with Crippen molar-refractivity contribution in [2.75, 3.05) is 19.6 Å². The van der Waals surface area contributed by atoms with Gasteiger partial charge in [0.25, 0.3) is 0 Å². The van der Waals surface area contributed by atoms with Gasteiger partial charge in [0.1, 0.15) is 6.09 Å². The summed E-state index contributed by atoms with van der Waals surface area (Å²) in [4.78, 5) is 16.2. The maximum atomic E-state index is 10.3. The van der Waals surface area contributed by atoms with Crippen molar-refractivity contribution >= 4 is 17.0 Å². The van der Waals surface area contributed by atoms with Crippen LogP contribution in [0, 0.1) is 6.92 Å². The van der Waals surface area contributed by atoms with Gasteiger partial charge in [-0.15, -0.1) is 0 Å². The van der Waals surface area contributed by atoms with Gasteiger partial charge in [-0.25, -0.2) is 0 Å². The van der Waals surface area contributed by atoms with E-state index in [1.807, 2.05) is 0 Å². The molecule has 1 aromatic heterocycles. The van der Waals surface area contributed by atoms with Crippen LogP contribution in [0.3, 0.4) is 0 Å². The average molecular weight is 286 g/mol. The summed E-state index contributed by atoms with van der Waals surface area (Å²) in [6, 6.07) is 6.52. The number of nitrogens with zero attached hydrogens (tertiary/aromatic N) is 1. The normalized spacial score (nSPS) is 15.1. The Bertz CT molecular complexity index is 663. The van der Waals surface area contributed by atoms with E-state index in [0.717, 1.165) is 32.5 Å². The van der Waals surface area contributed by atoms with E-state index in [9.17, 15) is 9.90 Å². The topological polar surface area (TPSA) is 71.2 Å². The lowest BCUT2D eigenvalue weighted by Crippen LogP contribution is -2.38. The molecule has 2 aromatic rings. The van der Waals surface area contributed by atoms with Crippen LogP contribution in [0.15, 0.2) is 18.2 Å². The number of nitrogens with one attached hydrogen (secondary N) is 2. The van der Waals surface area contributed by atoms with Crippen LogP contribution in [-0.4, -0.2) is 35.6 Å². The van der Waals surface area contributed by atoms with Crippen LogP contribution in [0.1, 0.15) is 23.2 Å². The molecule has 0 spiro atoms. The molecule has 5 heteroatoms. The zero-order chi connectivity index (χ0) is 14.8. The second-order valence-corrected chi connectivity index (χ2v) is 5.73.